The molecule has 0 fully saturated rings. The minimum Gasteiger partial charge on any atom is -0.449 e. The molecule has 0 spiro atoms. The third-order valence-corrected chi connectivity index (χ3v) is 7.62. The molecule has 1 unspecified atom stereocenters. The summed E-state index contributed by atoms with van der Waals surface area (Å²) in [5.41, 5.74) is 5.54. The van der Waals surface area contributed by atoms with Crippen molar-refractivity contribution < 1.29 is 19.2 Å². The van der Waals surface area contributed by atoms with Crippen molar-refractivity contribution in [1.29, 1.82) is 0 Å². The molecule has 0 saturated heterocycles. The molecular formula is C30H31N3O4S. The molecule has 3 aromatic rings. The summed E-state index contributed by atoms with van der Waals surface area (Å²) in [6, 6.07) is 25.2. The summed E-state index contributed by atoms with van der Waals surface area (Å²) in [7, 11) is 0. The number of amides is 2. The molecule has 5 rings (SSSR count). The number of carbonyl (C=O) groups excluding carboxylic acids is 2. The third-order valence-electron chi connectivity index (χ3n) is 6.76. The van der Waals surface area contributed by atoms with E-state index in [9.17, 15) is 9.59 Å². The Kier molecular flexibility index (Phi) is 8.28. The minimum atomic E-state index is -0.792. The predicted molar refractivity (Wildman–Crippen MR) is 150 cm³/mol. The number of nitrogens with one attached hydrogen (secondary N) is 2. The zero-order chi connectivity index (χ0) is 26.3. The summed E-state index contributed by atoms with van der Waals surface area (Å²) >= 11 is 1.64. The van der Waals surface area contributed by atoms with Crippen LogP contribution in [-0.2, 0) is 20.8 Å². The van der Waals surface area contributed by atoms with Crippen molar-refractivity contribution in [1.82, 2.24) is 10.6 Å². The first-order chi connectivity index (χ1) is 18.6. The van der Waals surface area contributed by atoms with Crippen LogP contribution < -0.4 is 10.6 Å². The van der Waals surface area contributed by atoms with Crippen LogP contribution >= 0.6 is 11.8 Å². The third kappa shape index (κ3) is 6.02. The van der Waals surface area contributed by atoms with E-state index in [4.69, 9.17) is 9.57 Å². The largest absolute Gasteiger partial charge is 0.449 e. The number of fused-ring (bicyclic) bond motifs is 3. The molecule has 2 amide bonds. The Morgan fingerprint density at radius 3 is 2.34 bits per heavy atom. The van der Waals surface area contributed by atoms with Gasteiger partial charge in [0.1, 0.15) is 17.7 Å². The highest BCUT2D eigenvalue weighted by atomic mass is 32.2. The Hall–Kier alpha value is -3.78. The average molecular weight is 530 g/mol. The number of carbonyl (C=O) groups is 2. The zero-order valence-electron chi connectivity index (χ0n) is 21.3. The molecule has 38 heavy (non-hydrogen) atoms. The van der Waals surface area contributed by atoms with Crippen LogP contribution in [0, 0.1) is 0 Å². The second kappa shape index (κ2) is 12.2. The molecule has 0 bridgehead atoms. The van der Waals surface area contributed by atoms with Crippen molar-refractivity contribution >= 4 is 28.8 Å². The Morgan fingerprint density at radius 2 is 1.66 bits per heavy atom. The lowest BCUT2D eigenvalue weighted by Crippen LogP contribution is -2.49. The molecule has 3 aromatic carbocycles. The molecule has 2 atom stereocenters. The molecule has 1 heterocycles. The summed E-state index contributed by atoms with van der Waals surface area (Å²) in [4.78, 5) is 31.5. The number of hydrogen-bond acceptors (Lipinski definition) is 6. The van der Waals surface area contributed by atoms with Crippen LogP contribution in [0.3, 0.4) is 0 Å². The smallest absolute Gasteiger partial charge is 0.407 e. The summed E-state index contributed by atoms with van der Waals surface area (Å²) in [6.07, 6.45) is 0.183. The maximum atomic E-state index is 13.2. The molecule has 196 valence electrons. The van der Waals surface area contributed by atoms with Gasteiger partial charge in [-0.15, -0.1) is 11.8 Å². The van der Waals surface area contributed by atoms with Crippen LogP contribution in [0.2, 0.25) is 0 Å². The number of ether oxygens (including phenoxy) is 1. The Labute approximate surface area is 227 Å². The number of thioether (sulfide) groups is 1. The number of rotatable bonds is 9. The van der Waals surface area contributed by atoms with Crippen LogP contribution in [0.25, 0.3) is 11.1 Å². The van der Waals surface area contributed by atoms with Gasteiger partial charge in [0.05, 0.1) is 6.54 Å². The Balaban J connectivity index is 1.21. The monoisotopic (exact) mass is 529 g/mol. The SMILES string of the molecule is CCSC1=NOC(CNC(=O)[C@H](Cc2ccccc2)NC(=O)OCC2c3ccccc3-c3ccccc32)C1. The molecule has 7 nitrogen and oxygen atoms in total. The van der Waals surface area contributed by atoms with Gasteiger partial charge in [-0.3, -0.25) is 4.79 Å². The number of alkyl carbamates (subject to hydrolysis) is 1. The summed E-state index contributed by atoms with van der Waals surface area (Å²) in [5.74, 6) is 0.580. The van der Waals surface area contributed by atoms with Gasteiger partial charge in [-0.1, -0.05) is 90.9 Å². The quantitative estimate of drug-likeness (QED) is 0.402. The van der Waals surface area contributed by atoms with Crippen molar-refractivity contribution in [3.63, 3.8) is 0 Å². The van der Waals surface area contributed by atoms with E-state index in [1.54, 1.807) is 11.8 Å². The number of oxime groups is 1. The first-order valence-electron chi connectivity index (χ1n) is 12.9. The summed E-state index contributed by atoms with van der Waals surface area (Å²) < 4.78 is 5.70. The van der Waals surface area contributed by atoms with E-state index in [0.717, 1.165) is 38.6 Å². The van der Waals surface area contributed by atoms with E-state index in [2.05, 4.69) is 47.0 Å². The Morgan fingerprint density at radius 1 is 1.00 bits per heavy atom. The maximum Gasteiger partial charge on any atom is 0.407 e. The predicted octanol–water partition coefficient (Wildman–Crippen LogP) is 5.11. The number of hydrogen-bond donors (Lipinski definition) is 2. The first kappa shape index (κ1) is 25.9. The maximum absolute atomic E-state index is 13.2. The number of nitrogens with zero attached hydrogens (tertiary/aromatic N) is 1. The van der Waals surface area contributed by atoms with Gasteiger partial charge in [-0.25, -0.2) is 4.79 Å². The molecule has 0 radical (unpaired) electrons. The average Bonchev–Trinajstić information content (AvgIpc) is 3.53. The molecule has 8 heteroatoms. The van der Waals surface area contributed by atoms with Gasteiger partial charge in [0.25, 0.3) is 0 Å². The van der Waals surface area contributed by atoms with Crippen LogP contribution in [0.1, 0.15) is 36.0 Å². The Bertz CT molecular complexity index is 1270. The fraction of sp³-hybridized carbons (Fsp3) is 0.300. The highest BCUT2D eigenvalue weighted by molar-refractivity contribution is 8.13. The van der Waals surface area contributed by atoms with Crippen LogP contribution in [0.5, 0.6) is 0 Å². The molecule has 2 N–H and O–H groups in total. The second-order valence-electron chi connectivity index (χ2n) is 9.31. The highest BCUT2D eigenvalue weighted by Crippen LogP contribution is 2.44. The molecule has 2 aliphatic rings. The van der Waals surface area contributed by atoms with E-state index in [1.165, 1.54) is 0 Å². The van der Waals surface area contributed by atoms with E-state index in [1.807, 2.05) is 54.6 Å². The van der Waals surface area contributed by atoms with Crippen molar-refractivity contribution in [3.05, 3.63) is 95.6 Å². The van der Waals surface area contributed by atoms with Gasteiger partial charge < -0.3 is 20.2 Å². The molecule has 0 aromatic heterocycles. The zero-order valence-corrected chi connectivity index (χ0v) is 22.1. The summed E-state index contributed by atoms with van der Waals surface area (Å²) in [5, 5.41) is 10.7. The van der Waals surface area contributed by atoms with Gasteiger partial charge >= 0.3 is 6.09 Å². The fourth-order valence-corrected chi connectivity index (χ4v) is 5.68. The van der Waals surface area contributed by atoms with Crippen LogP contribution in [0.15, 0.2) is 84.0 Å². The van der Waals surface area contributed by atoms with E-state index in [-0.39, 0.29) is 24.5 Å². The van der Waals surface area contributed by atoms with Crippen molar-refractivity contribution in [2.75, 3.05) is 18.9 Å². The molecular weight excluding hydrogens is 498 g/mol. The van der Waals surface area contributed by atoms with E-state index in [0.29, 0.717) is 19.4 Å². The standard InChI is InChI=1S/C30H31N3O4S/c1-2-38-28-17-21(37-33-28)18-31-29(34)27(16-20-10-4-3-5-11-20)32-30(35)36-19-26-24-14-8-6-12-22(24)23-13-7-9-15-25(23)26/h3-15,21,26-27H,2,16-19H2,1H3,(H,31,34)(H,32,35)/t21?,27-/m0/s1. The fourth-order valence-electron chi connectivity index (χ4n) is 4.94. The van der Waals surface area contributed by atoms with Gasteiger partial charge in [-0.2, -0.15) is 0 Å². The lowest BCUT2D eigenvalue weighted by Gasteiger charge is -2.20. The molecule has 1 aliphatic carbocycles. The van der Waals surface area contributed by atoms with Gasteiger partial charge in [-0.05, 0) is 33.6 Å². The first-order valence-corrected chi connectivity index (χ1v) is 13.9. The van der Waals surface area contributed by atoms with Gasteiger partial charge in [0.15, 0.2) is 6.10 Å². The molecule has 1 aliphatic heterocycles. The summed E-state index contributed by atoms with van der Waals surface area (Å²) in [6.45, 7) is 2.56. The van der Waals surface area contributed by atoms with Crippen molar-refractivity contribution in [3.8, 4) is 11.1 Å². The highest BCUT2D eigenvalue weighted by Gasteiger charge is 2.30. The van der Waals surface area contributed by atoms with Crippen molar-refractivity contribution in [2.45, 2.75) is 37.8 Å². The van der Waals surface area contributed by atoms with Crippen molar-refractivity contribution in [2.24, 2.45) is 5.16 Å². The van der Waals surface area contributed by atoms with Gasteiger partial charge in [0, 0.05) is 18.8 Å². The topological polar surface area (TPSA) is 89.0 Å². The lowest BCUT2D eigenvalue weighted by atomic mass is 9.98. The lowest BCUT2D eigenvalue weighted by molar-refractivity contribution is -0.123. The van der Waals surface area contributed by atoms with E-state index < -0.39 is 12.1 Å². The van der Waals surface area contributed by atoms with Crippen LogP contribution in [0.4, 0.5) is 4.79 Å². The normalized spacial score (nSPS) is 16.6. The number of benzene rings is 3. The van der Waals surface area contributed by atoms with E-state index >= 15 is 0 Å². The van der Waals surface area contributed by atoms with Gasteiger partial charge in [0.2, 0.25) is 5.91 Å². The molecule has 0 saturated carbocycles. The van der Waals surface area contributed by atoms with Crippen LogP contribution in [-0.4, -0.2) is 48.1 Å². The second-order valence-corrected chi connectivity index (χ2v) is 10.6. The minimum absolute atomic E-state index is 0.0516.